The SMILES string of the molecule is Cc1nn(C)c2ncc(C(=O)O)c(N3C[C@@H](c4ccccc4)O[C@@H](C4CC4)C3)c12. The van der Waals surface area contributed by atoms with Crippen molar-refractivity contribution in [1.82, 2.24) is 14.8 Å². The molecular weight excluding hydrogens is 368 g/mol. The van der Waals surface area contributed by atoms with Crippen LogP contribution in [0.5, 0.6) is 0 Å². The molecule has 1 aliphatic heterocycles. The summed E-state index contributed by atoms with van der Waals surface area (Å²) >= 11 is 0. The molecule has 2 atom stereocenters. The van der Waals surface area contributed by atoms with Crippen molar-refractivity contribution >= 4 is 22.7 Å². The van der Waals surface area contributed by atoms with Crippen LogP contribution in [0, 0.1) is 12.8 Å². The van der Waals surface area contributed by atoms with Crippen molar-refractivity contribution in [3.8, 4) is 0 Å². The van der Waals surface area contributed by atoms with Crippen LogP contribution >= 0.6 is 0 Å². The van der Waals surface area contributed by atoms with Crippen molar-refractivity contribution in [2.24, 2.45) is 13.0 Å². The van der Waals surface area contributed by atoms with E-state index < -0.39 is 5.97 Å². The summed E-state index contributed by atoms with van der Waals surface area (Å²) in [5, 5.41) is 15.2. The average molecular weight is 392 g/mol. The van der Waals surface area contributed by atoms with E-state index in [0.717, 1.165) is 16.6 Å². The van der Waals surface area contributed by atoms with E-state index >= 15 is 0 Å². The number of rotatable bonds is 4. The first-order chi connectivity index (χ1) is 14.0. The Morgan fingerprint density at radius 3 is 2.66 bits per heavy atom. The molecule has 3 aromatic rings. The highest BCUT2D eigenvalue weighted by atomic mass is 16.5. The molecule has 2 aromatic heterocycles. The first-order valence-electron chi connectivity index (χ1n) is 10.0. The Hall–Kier alpha value is -2.93. The van der Waals surface area contributed by atoms with E-state index in [2.05, 4.69) is 27.1 Å². The first kappa shape index (κ1) is 18.1. The first-order valence-corrected chi connectivity index (χ1v) is 10.0. The molecule has 5 rings (SSSR count). The van der Waals surface area contributed by atoms with Gasteiger partial charge in [0.05, 0.1) is 22.9 Å². The third-order valence-corrected chi connectivity index (χ3v) is 5.99. The lowest BCUT2D eigenvalue weighted by Gasteiger charge is -2.40. The van der Waals surface area contributed by atoms with Gasteiger partial charge in [0.2, 0.25) is 0 Å². The maximum atomic E-state index is 12.1. The Morgan fingerprint density at radius 1 is 1.21 bits per heavy atom. The molecular formula is C22H24N4O3. The molecule has 3 heterocycles. The summed E-state index contributed by atoms with van der Waals surface area (Å²) in [6.45, 7) is 3.19. The van der Waals surface area contributed by atoms with Gasteiger partial charge in [-0.05, 0) is 31.2 Å². The molecule has 7 heteroatoms. The zero-order valence-corrected chi connectivity index (χ0v) is 16.6. The van der Waals surface area contributed by atoms with Crippen LogP contribution in [-0.4, -0.2) is 45.0 Å². The molecule has 1 saturated carbocycles. The Bertz CT molecular complexity index is 1070. The lowest BCUT2D eigenvalue weighted by atomic mass is 10.0. The van der Waals surface area contributed by atoms with Crippen molar-refractivity contribution in [2.45, 2.75) is 32.0 Å². The summed E-state index contributed by atoms with van der Waals surface area (Å²) in [6.07, 6.45) is 3.79. The number of carboxylic acids is 1. The molecule has 1 saturated heterocycles. The molecule has 1 aliphatic carbocycles. The molecule has 0 radical (unpaired) electrons. The van der Waals surface area contributed by atoms with Crippen molar-refractivity contribution in [1.29, 1.82) is 0 Å². The summed E-state index contributed by atoms with van der Waals surface area (Å²) in [7, 11) is 1.84. The highest BCUT2D eigenvalue weighted by molar-refractivity contribution is 6.04. The molecule has 7 nitrogen and oxygen atoms in total. The predicted molar refractivity (Wildman–Crippen MR) is 109 cm³/mol. The number of carbonyl (C=O) groups is 1. The third kappa shape index (κ3) is 3.15. The normalized spacial score (nSPS) is 22.2. The zero-order valence-electron chi connectivity index (χ0n) is 16.6. The van der Waals surface area contributed by atoms with E-state index in [4.69, 9.17) is 4.74 Å². The van der Waals surface area contributed by atoms with Crippen LogP contribution in [0.25, 0.3) is 11.0 Å². The number of ether oxygens (including phenoxy) is 1. The zero-order chi connectivity index (χ0) is 20.1. The van der Waals surface area contributed by atoms with Crippen LogP contribution < -0.4 is 4.90 Å². The van der Waals surface area contributed by atoms with E-state index in [-0.39, 0.29) is 17.8 Å². The lowest BCUT2D eigenvalue weighted by molar-refractivity contribution is -0.0385. The van der Waals surface area contributed by atoms with Gasteiger partial charge in [-0.3, -0.25) is 4.68 Å². The van der Waals surface area contributed by atoms with Gasteiger partial charge >= 0.3 is 5.97 Å². The number of carboxylic acid groups (broad SMARTS) is 1. The van der Waals surface area contributed by atoms with Crippen molar-refractivity contribution in [3.05, 3.63) is 53.3 Å². The summed E-state index contributed by atoms with van der Waals surface area (Å²) in [5.41, 5.74) is 3.54. The fraction of sp³-hybridized carbons (Fsp3) is 0.409. The maximum absolute atomic E-state index is 12.1. The van der Waals surface area contributed by atoms with Crippen molar-refractivity contribution in [2.75, 3.05) is 18.0 Å². The van der Waals surface area contributed by atoms with Gasteiger partial charge in [-0.1, -0.05) is 30.3 Å². The van der Waals surface area contributed by atoms with Crippen molar-refractivity contribution in [3.63, 3.8) is 0 Å². The number of anilines is 1. The fourth-order valence-electron chi connectivity index (χ4n) is 4.43. The number of nitrogens with zero attached hydrogens (tertiary/aromatic N) is 4. The molecule has 0 spiro atoms. The minimum absolute atomic E-state index is 0.0933. The average Bonchev–Trinajstić information content (AvgIpc) is 3.54. The molecule has 0 bridgehead atoms. The second-order valence-corrected chi connectivity index (χ2v) is 8.05. The molecule has 2 aliphatic rings. The van der Waals surface area contributed by atoms with E-state index in [9.17, 15) is 9.90 Å². The second kappa shape index (κ2) is 6.84. The minimum Gasteiger partial charge on any atom is -0.478 e. The Labute approximate surface area is 168 Å². The number of aryl methyl sites for hydroxylation is 2. The van der Waals surface area contributed by atoms with Crippen LogP contribution in [0.3, 0.4) is 0 Å². The van der Waals surface area contributed by atoms with Gasteiger partial charge in [-0.15, -0.1) is 0 Å². The van der Waals surface area contributed by atoms with Gasteiger partial charge in [-0.25, -0.2) is 9.78 Å². The Kier molecular flexibility index (Phi) is 4.28. The number of hydrogen-bond acceptors (Lipinski definition) is 5. The van der Waals surface area contributed by atoms with Crippen LogP contribution in [0.15, 0.2) is 36.5 Å². The maximum Gasteiger partial charge on any atom is 0.339 e. The smallest absolute Gasteiger partial charge is 0.339 e. The molecule has 0 amide bonds. The Balaban J connectivity index is 1.64. The molecule has 1 N–H and O–H groups in total. The van der Waals surface area contributed by atoms with E-state index in [1.165, 1.54) is 19.0 Å². The number of pyridine rings is 1. The molecule has 0 unspecified atom stereocenters. The summed E-state index contributed by atoms with van der Waals surface area (Å²) < 4.78 is 8.19. The standard InChI is InChI=1S/C22H24N4O3/c1-13-19-20(16(22(27)28)10-23-21(19)25(2)24-13)26-11-17(14-6-4-3-5-7-14)29-18(12-26)15-8-9-15/h3-7,10,15,17-18H,8-9,11-12H2,1-2H3,(H,27,28)/t17-,18+/m0/s1. The summed E-state index contributed by atoms with van der Waals surface area (Å²) in [4.78, 5) is 18.7. The molecule has 2 fully saturated rings. The van der Waals surface area contributed by atoms with Gasteiger partial charge < -0.3 is 14.7 Å². The van der Waals surface area contributed by atoms with E-state index in [1.807, 2.05) is 32.2 Å². The Morgan fingerprint density at radius 2 is 1.97 bits per heavy atom. The van der Waals surface area contributed by atoms with Gasteiger partial charge in [-0.2, -0.15) is 5.10 Å². The number of benzene rings is 1. The fourth-order valence-corrected chi connectivity index (χ4v) is 4.43. The van der Waals surface area contributed by atoms with Gasteiger partial charge in [0.25, 0.3) is 0 Å². The van der Waals surface area contributed by atoms with Gasteiger partial charge in [0.15, 0.2) is 5.65 Å². The molecule has 150 valence electrons. The quantitative estimate of drug-likeness (QED) is 0.734. The van der Waals surface area contributed by atoms with Crippen LogP contribution in [-0.2, 0) is 11.8 Å². The second-order valence-electron chi connectivity index (χ2n) is 8.05. The van der Waals surface area contributed by atoms with Crippen LogP contribution in [0.4, 0.5) is 5.69 Å². The molecule has 29 heavy (non-hydrogen) atoms. The largest absolute Gasteiger partial charge is 0.478 e. The van der Waals surface area contributed by atoms with Crippen LogP contribution in [0.1, 0.15) is 40.6 Å². The number of fused-ring (bicyclic) bond motifs is 1. The monoisotopic (exact) mass is 392 g/mol. The number of hydrogen-bond donors (Lipinski definition) is 1. The van der Waals surface area contributed by atoms with Crippen LogP contribution in [0.2, 0.25) is 0 Å². The summed E-state index contributed by atoms with van der Waals surface area (Å²) in [5.74, 6) is -0.423. The number of aromatic carboxylic acids is 1. The third-order valence-electron chi connectivity index (χ3n) is 5.99. The number of aromatic nitrogens is 3. The van der Waals surface area contributed by atoms with Gasteiger partial charge in [0.1, 0.15) is 11.7 Å². The van der Waals surface area contributed by atoms with E-state index in [0.29, 0.717) is 30.3 Å². The minimum atomic E-state index is -0.969. The number of morpholine rings is 1. The van der Waals surface area contributed by atoms with Gasteiger partial charge in [0, 0.05) is 26.3 Å². The molecule has 1 aromatic carbocycles. The highest BCUT2D eigenvalue weighted by Gasteiger charge is 2.40. The predicted octanol–water partition coefficient (Wildman–Crippen LogP) is 3.33. The topological polar surface area (TPSA) is 80.5 Å². The van der Waals surface area contributed by atoms with Crippen molar-refractivity contribution < 1.29 is 14.6 Å². The van der Waals surface area contributed by atoms with E-state index in [1.54, 1.807) is 4.68 Å². The highest BCUT2D eigenvalue weighted by Crippen LogP contribution is 2.42. The lowest BCUT2D eigenvalue weighted by Crippen LogP contribution is -2.45. The summed E-state index contributed by atoms with van der Waals surface area (Å²) in [6, 6.07) is 10.2.